The quantitative estimate of drug-likeness (QED) is 0.163. The van der Waals surface area contributed by atoms with E-state index in [1.165, 1.54) is 6.92 Å². The predicted molar refractivity (Wildman–Crippen MR) is 168 cm³/mol. The van der Waals surface area contributed by atoms with E-state index in [0.29, 0.717) is 25.2 Å². The number of carbonyl (C=O) groups is 6. The number of hydrogen-bond acceptors (Lipinski definition) is 6. The maximum absolute atomic E-state index is 14.4. The van der Waals surface area contributed by atoms with Gasteiger partial charge >= 0.3 is 0 Å². The van der Waals surface area contributed by atoms with Crippen molar-refractivity contribution in [3.63, 3.8) is 0 Å². The van der Waals surface area contributed by atoms with E-state index in [0.717, 1.165) is 19.3 Å². The van der Waals surface area contributed by atoms with Gasteiger partial charge in [-0.3, -0.25) is 28.8 Å². The van der Waals surface area contributed by atoms with Crippen LogP contribution in [0.15, 0.2) is 0 Å². The molecule has 0 N–H and O–H groups in total. The summed E-state index contributed by atoms with van der Waals surface area (Å²) >= 11 is 0. The summed E-state index contributed by atoms with van der Waals surface area (Å²) in [7, 11) is 0. The highest BCUT2D eigenvalue weighted by Crippen LogP contribution is 2.71. The van der Waals surface area contributed by atoms with Crippen LogP contribution in [0, 0.1) is 70.0 Å². The van der Waals surface area contributed by atoms with Gasteiger partial charge in [0.05, 0.1) is 0 Å². The molecule has 6 heteroatoms. The smallest absolute Gasteiger partial charge is 0.201 e. The van der Waals surface area contributed by atoms with E-state index in [-0.39, 0.29) is 77.4 Å². The van der Waals surface area contributed by atoms with Crippen LogP contribution in [-0.4, -0.2) is 34.7 Å². The third kappa shape index (κ3) is 8.19. The van der Waals surface area contributed by atoms with Crippen LogP contribution < -0.4 is 0 Å². The Labute approximate surface area is 260 Å². The first-order valence-electron chi connectivity index (χ1n) is 16.9. The van der Waals surface area contributed by atoms with Crippen molar-refractivity contribution in [2.24, 2.45) is 70.0 Å². The normalized spacial score (nSPS) is 26.8. The second kappa shape index (κ2) is 13.6. The van der Waals surface area contributed by atoms with E-state index in [1.807, 2.05) is 48.5 Å². The zero-order valence-electron chi connectivity index (χ0n) is 28.6. The number of fused-ring (bicyclic) bond motifs is 1. The van der Waals surface area contributed by atoms with Gasteiger partial charge in [-0.05, 0) is 53.3 Å². The van der Waals surface area contributed by atoms with Gasteiger partial charge < -0.3 is 0 Å². The molecule has 3 saturated carbocycles. The average molecular weight is 599 g/mol. The molecule has 3 aliphatic rings. The predicted octanol–water partition coefficient (Wildman–Crippen LogP) is 7.29. The molecular weight excluding hydrogens is 540 g/mol. The van der Waals surface area contributed by atoms with Gasteiger partial charge in [-0.2, -0.15) is 0 Å². The first kappa shape index (κ1) is 35.5. The highest BCUT2D eigenvalue weighted by atomic mass is 16.2. The lowest BCUT2D eigenvalue weighted by atomic mass is 9.67. The summed E-state index contributed by atoms with van der Waals surface area (Å²) < 4.78 is 0. The second-order valence-electron chi connectivity index (χ2n) is 16.8. The summed E-state index contributed by atoms with van der Waals surface area (Å²) in [5, 5.41) is 0. The summed E-state index contributed by atoms with van der Waals surface area (Å²) in [5.74, 6) is -2.50. The second-order valence-corrected chi connectivity index (χ2v) is 16.8. The molecule has 0 aromatic rings. The Balaban J connectivity index is 1.81. The van der Waals surface area contributed by atoms with E-state index in [2.05, 4.69) is 13.8 Å². The van der Waals surface area contributed by atoms with Gasteiger partial charge in [0, 0.05) is 62.2 Å². The molecule has 0 aromatic carbocycles. The molecule has 0 radical (unpaired) electrons. The van der Waals surface area contributed by atoms with Crippen LogP contribution in [0.4, 0.5) is 0 Å². The number of hydrogen-bond donors (Lipinski definition) is 0. The number of carbonyl (C=O) groups excluding carboxylic acids is 6. The largest absolute Gasteiger partial charge is 0.300 e. The molecule has 0 aromatic heterocycles. The monoisotopic (exact) mass is 598 g/mol. The fraction of sp³-hybridized carbons (Fsp3) is 0.838. The molecule has 0 heterocycles. The average Bonchev–Trinajstić information content (AvgIpc) is 3.18. The Morgan fingerprint density at radius 1 is 0.860 bits per heavy atom. The number of Topliss-reactive ketones (excluding diaryl/α,β-unsaturated/α-hetero) is 6. The van der Waals surface area contributed by atoms with Crippen molar-refractivity contribution in [3.8, 4) is 0 Å². The van der Waals surface area contributed by atoms with E-state index in [4.69, 9.17) is 0 Å². The number of rotatable bonds is 17. The topological polar surface area (TPSA) is 102 Å². The molecule has 0 spiro atoms. The van der Waals surface area contributed by atoms with Crippen LogP contribution in [0.5, 0.6) is 0 Å². The zero-order valence-corrected chi connectivity index (χ0v) is 28.6. The molecule has 43 heavy (non-hydrogen) atoms. The van der Waals surface area contributed by atoms with E-state index >= 15 is 0 Å². The lowest BCUT2D eigenvalue weighted by molar-refractivity contribution is -0.142. The molecule has 3 rings (SSSR count). The van der Waals surface area contributed by atoms with Crippen molar-refractivity contribution in [3.05, 3.63) is 0 Å². The standard InChI is InChI=1S/C37H58O6/c1-20(2)14-30(40)26(21(3)4)17-25(39)18-29(36(6,7)8)35(43)27-19-28-33(37(28,9)10)32(27)31(41)16-24(34(42)22(5)38)15-23-12-11-13-23/h20-21,23-24,26-29,32-33H,11-19H2,1-10H3. The van der Waals surface area contributed by atoms with Crippen molar-refractivity contribution >= 4 is 34.7 Å². The van der Waals surface area contributed by atoms with Crippen LogP contribution in [0.25, 0.3) is 0 Å². The van der Waals surface area contributed by atoms with E-state index in [1.54, 1.807) is 0 Å². The zero-order chi connectivity index (χ0) is 32.6. The van der Waals surface area contributed by atoms with Crippen LogP contribution in [0.2, 0.25) is 0 Å². The molecule has 7 unspecified atom stereocenters. The van der Waals surface area contributed by atoms with Crippen molar-refractivity contribution in [1.82, 2.24) is 0 Å². The highest BCUT2D eigenvalue weighted by molar-refractivity contribution is 6.37. The Morgan fingerprint density at radius 2 is 1.47 bits per heavy atom. The van der Waals surface area contributed by atoms with Gasteiger partial charge in [0.25, 0.3) is 0 Å². The fourth-order valence-corrected chi connectivity index (χ4v) is 8.34. The number of ketones is 6. The maximum atomic E-state index is 14.4. The lowest BCUT2D eigenvalue weighted by Crippen LogP contribution is -2.41. The minimum atomic E-state index is -0.608. The summed E-state index contributed by atoms with van der Waals surface area (Å²) in [6.45, 7) is 19.5. The van der Waals surface area contributed by atoms with Gasteiger partial charge in [-0.15, -0.1) is 0 Å². The Bertz CT molecular complexity index is 1100. The Morgan fingerprint density at radius 3 is 1.93 bits per heavy atom. The van der Waals surface area contributed by atoms with Crippen LogP contribution >= 0.6 is 0 Å². The van der Waals surface area contributed by atoms with Crippen LogP contribution in [0.1, 0.15) is 127 Å². The van der Waals surface area contributed by atoms with Crippen molar-refractivity contribution < 1.29 is 28.8 Å². The van der Waals surface area contributed by atoms with Gasteiger partial charge in [0.15, 0.2) is 5.78 Å². The van der Waals surface area contributed by atoms with Crippen LogP contribution in [-0.2, 0) is 28.8 Å². The lowest BCUT2D eigenvalue weighted by Gasteiger charge is -2.35. The molecule has 3 fully saturated rings. The van der Waals surface area contributed by atoms with Crippen molar-refractivity contribution in [1.29, 1.82) is 0 Å². The van der Waals surface area contributed by atoms with E-state index in [9.17, 15) is 28.8 Å². The molecular formula is C37H58O6. The first-order valence-corrected chi connectivity index (χ1v) is 16.9. The molecule has 7 atom stereocenters. The van der Waals surface area contributed by atoms with Gasteiger partial charge in [-0.25, -0.2) is 0 Å². The molecule has 0 bridgehead atoms. The van der Waals surface area contributed by atoms with Gasteiger partial charge in [-0.1, -0.05) is 81.6 Å². The SMILES string of the molecule is CC(=O)C(=O)C(CC(=O)C1C(C(=O)C(CC(=O)CC(C(=O)CC(C)C)C(C)C)C(C)(C)C)CC2C1C2(C)C)CC1CCC1. The highest BCUT2D eigenvalue weighted by Gasteiger charge is 2.69. The Kier molecular flexibility index (Phi) is 11.2. The fourth-order valence-electron chi connectivity index (χ4n) is 8.34. The van der Waals surface area contributed by atoms with Crippen molar-refractivity contribution in [2.45, 2.75) is 127 Å². The summed E-state index contributed by atoms with van der Waals surface area (Å²) in [6.07, 6.45) is 5.05. The minimum Gasteiger partial charge on any atom is -0.300 e. The maximum Gasteiger partial charge on any atom is 0.201 e. The molecule has 6 nitrogen and oxygen atoms in total. The minimum absolute atomic E-state index is 0.0229. The molecule has 3 aliphatic carbocycles. The molecule has 242 valence electrons. The van der Waals surface area contributed by atoms with Gasteiger partial charge in [0.1, 0.15) is 23.1 Å². The van der Waals surface area contributed by atoms with Crippen LogP contribution in [0.3, 0.4) is 0 Å². The van der Waals surface area contributed by atoms with Crippen molar-refractivity contribution in [2.75, 3.05) is 0 Å². The third-order valence-corrected chi connectivity index (χ3v) is 11.3. The first-order chi connectivity index (χ1) is 19.8. The summed E-state index contributed by atoms with van der Waals surface area (Å²) in [4.78, 5) is 79.8. The third-order valence-electron chi connectivity index (χ3n) is 11.3. The van der Waals surface area contributed by atoms with Gasteiger partial charge in [0.2, 0.25) is 5.78 Å². The summed E-state index contributed by atoms with van der Waals surface area (Å²) in [5.41, 5.74) is -0.533. The van der Waals surface area contributed by atoms with E-state index < -0.39 is 40.7 Å². The molecule has 0 aliphatic heterocycles. The molecule has 0 saturated heterocycles. The Hall–Kier alpha value is -1.98. The molecule has 0 amide bonds. The summed E-state index contributed by atoms with van der Waals surface area (Å²) in [6, 6.07) is 0.